The summed E-state index contributed by atoms with van der Waals surface area (Å²) >= 11 is 0. The largest absolute Gasteiger partial charge is 0.467 e. The molecule has 0 saturated carbocycles. The highest BCUT2D eigenvalue weighted by Gasteiger charge is 2.36. The zero-order chi connectivity index (χ0) is 23.5. The number of furan rings is 1. The van der Waals surface area contributed by atoms with Gasteiger partial charge >= 0.3 is 5.97 Å². The summed E-state index contributed by atoms with van der Waals surface area (Å²) in [5, 5.41) is 11.5. The number of nitrogens with zero attached hydrogens (tertiary/aromatic N) is 2. The van der Waals surface area contributed by atoms with E-state index >= 15 is 0 Å². The van der Waals surface area contributed by atoms with Gasteiger partial charge in [-0.3, -0.25) is 19.3 Å². The summed E-state index contributed by atoms with van der Waals surface area (Å²) in [6.07, 6.45) is 0.295. The number of imide groups is 1. The van der Waals surface area contributed by atoms with Crippen molar-refractivity contribution in [1.29, 1.82) is 5.26 Å². The van der Waals surface area contributed by atoms with Crippen LogP contribution in [-0.4, -0.2) is 34.7 Å². The number of hydrogen-bond donors (Lipinski definition) is 1. The van der Waals surface area contributed by atoms with Crippen LogP contribution in [0.25, 0.3) is 0 Å². The Morgan fingerprint density at radius 3 is 2.61 bits per heavy atom. The van der Waals surface area contributed by atoms with Gasteiger partial charge in [0.15, 0.2) is 6.10 Å². The Kier molecular flexibility index (Phi) is 5.74. The summed E-state index contributed by atoms with van der Waals surface area (Å²) < 4.78 is 10.4. The first-order valence-corrected chi connectivity index (χ1v) is 9.92. The fourth-order valence-corrected chi connectivity index (χ4v) is 3.31. The van der Waals surface area contributed by atoms with E-state index < -0.39 is 29.8 Å². The van der Waals surface area contributed by atoms with Crippen LogP contribution in [0.4, 0.5) is 5.69 Å². The molecule has 0 bridgehead atoms. The minimum Gasteiger partial charge on any atom is -0.467 e. The summed E-state index contributed by atoms with van der Waals surface area (Å²) in [4.78, 5) is 51.3. The van der Waals surface area contributed by atoms with Gasteiger partial charge in [0.25, 0.3) is 17.7 Å². The summed E-state index contributed by atoms with van der Waals surface area (Å²) in [6, 6.07) is 15.6. The third-order valence-corrected chi connectivity index (χ3v) is 5.01. The van der Waals surface area contributed by atoms with E-state index in [1.54, 1.807) is 30.3 Å². The van der Waals surface area contributed by atoms with Crippen molar-refractivity contribution in [1.82, 2.24) is 4.90 Å². The molecule has 164 valence electrons. The Morgan fingerprint density at radius 2 is 1.88 bits per heavy atom. The molecule has 4 rings (SSSR count). The second-order valence-corrected chi connectivity index (χ2v) is 7.27. The van der Waals surface area contributed by atoms with E-state index in [0.29, 0.717) is 17.0 Å². The molecule has 33 heavy (non-hydrogen) atoms. The van der Waals surface area contributed by atoms with Gasteiger partial charge < -0.3 is 14.5 Å². The minimum absolute atomic E-state index is 0.0245. The number of benzene rings is 2. The van der Waals surface area contributed by atoms with Crippen LogP contribution in [0.5, 0.6) is 0 Å². The number of nitriles is 1. The lowest BCUT2D eigenvalue weighted by atomic mass is 10.1. The number of rotatable bonds is 6. The van der Waals surface area contributed by atoms with E-state index in [2.05, 4.69) is 5.32 Å². The summed E-state index contributed by atoms with van der Waals surface area (Å²) in [5.41, 5.74) is 1.04. The molecule has 1 aromatic heterocycles. The fourth-order valence-electron chi connectivity index (χ4n) is 3.31. The minimum atomic E-state index is -1.15. The predicted molar refractivity (Wildman–Crippen MR) is 114 cm³/mol. The first-order chi connectivity index (χ1) is 15.9. The van der Waals surface area contributed by atoms with E-state index in [1.165, 1.54) is 37.5 Å². The first-order valence-electron chi connectivity index (χ1n) is 9.92. The Balaban J connectivity index is 1.44. The van der Waals surface area contributed by atoms with Gasteiger partial charge in [-0.15, -0.1) is 0 Å². The molecule has 1 N–H and O–H groups in total. The number of anilines is 1. The molecule has 2 heterocycles. The van der Waals surface area contributed by atoms with E-state index in [0.717, 1.165) is 4.90 Å². The van der Waals surface area contributed by atoms with Crippen LogP contribution in [-0.2, 0) is 16.1 Å². The third-order valence-electron chi connectivity index (χ3n) is 5.01. The SMILES string of the molecule is CC(OC(=O)c1ccc2c(c1)C(=O)N(Cc1ccco1)C2=O)C(=O)Nc1cccc(C#N)c1. The van der Waals surface area contributed by atoms with Gasteiger partial charge in [0.1, 0.15) is 5.76 Å². The monoisotopic (exact) mass is 443 g/mol. The van der Waals surface area contributed by atoms with Crippen LogP contribution in [0.1, 0.15) is 49.3 Å². The normalized spacial score (nSPS) is 13.3. The zero-order valence-electron chi connectivity index (χ0n) is 17.4. The number of esters is 1. The maximum absolute atomic E-state index is 12.7. The highest BCUT2D eigenvalue weighted by Crippen LogP contribution is 2.26. The van der Waals surface area contributed by atoms with Crippen LogP contribution < -0.4 is 5.32 Å². The van der Waals surface area contributed by atoms with Crippen molar-refractivity contribution >= 4 is 29.4 Å². The number of amides is 3. The molecule has 1 aliphatic heterocycles. The third kappa shape index (κ3) is 4.36. The van der Waals surface area contributed by atoms with Crippen molar-refractivity contribution in [2.75, 3.05) is 5.32 Å². The lowest BCUT2D eigenvalue weighted by Gasteiger charge is -2.14. The number of fused-ring (bicyclic) bond motifs is 1. The van der Waals surface area contributed by atoms with Crippen LogP contribution in [0.3, 0.4) is 0 Å². The molecule has 0 saturated heterocycles. The molecular formula is C24H17N3O6. The van der Waals surface area contributed by atoms with Crippen LogP contribution >= 0.6 is 0 Å². The van der Waals surface area contributed by atoms with Gasteiger partial charge in [-0.25, -0.2) is 4.79 Å². The molecule has 3 aromatic rings. The quantitative estimate of drug-likeness (QED) is 0.458. The summed E-state index contributed by atoms with van der Waals surface area (Å²) in [6.45, 7) is 1.37. The second kappa shape index (κ2) is 8.80. The van der Waals surface area contributed by atoms with Crippen LogP contribution in [0.2, 0.25) is 0 Å². The van der Waals surface area contributed by atoms with Gasteiger partial charge in [0, 0.05) is 5.69 Å². The molecule has 0 fully saturated rings. The van der Waals surface area contributed by atoms with Gasteiger partial charge in [-0.1, -0.05) is 6.07 Å². The van der Waals surface area contributed by atoms with E-state index in [4.69, 9.17) is 14.4 Å². The molecule has 1 atom stereocenters. The number of hydrogen-bond acceptors (Lipinski definition) is 7. The molecule has 0 radical (unpaired) electrons. The molecule has 9 nitrogen and oxygen atoms in total. The van der Waals surface area contributed by atoms with Crippen molar-refractivity contribution in [2.24, 2.45) is 0 Å². The highest BCUT2D eigenvalue weighted by atomic mass is 16.5. The Hall–Kier alpha value is -4.71. The molecule has 1 aliphatic rings. The Morgan fingerprint density at radius 1 is 1.09 bits per heavy atom. The van der Waals surface area contributed by atoms with Gasteiger partial charge in [-0.05, 0) is 55.5 Å². The van der Waals surface area contributed by atoms with Crippen LogP contribution in [0.15, 0.2) is 65.3 Å². The van der Waals surface area contributed by atoms with Gasteiger partial charge in [0.2, 0.25) is 0 Å². The molecule has 3 amide bonds. The fraction of sp³-hybridized carbons (Fsp3) is 0.125. The Labute approximate surface area is 188 Å². The zero-order valence-corrected chi connectivity index (χ0v) is 17.4. The highest BCUT2D eigenvalue weighted by molar-refractivity contribution is 6.21. The molecule has 9 heteroatoms. The topological polar surface area (TPSA) is 130 Å². The predicted octanol–water partition coefficient (Wildman–Crippen LogP) is 3.13. The number of carbonyl (C=O) groups excluding carboxylic acids is 4. The van der Waals surface area contributed by atoms with Crippen molar-refractivity contribution in [2.45, 2.75) is 19.6 Å². The molecular weight excluding hydrogens is 426 g/mol. The van der Waals surface area contributed by atoms with Crippen molar-refractivity contribution in [3.8, 4) is 6.07 Å². The maximum atomic E-state index is 12.7. The van der Waals surface area contributed by atoms with Crippen molar-refractivity contribution in [3.05, 3.63) is 88.9 Å². The molecule has 2 aromatic carbocycles. The Bertz CT molecular complexity index is 1310. The lowest BCUT2D eigenvalue weighted by molar-refractivity contribution is -0.123. The average molecular weight is 443 g/mol. The van der Waals surface area contributed by atoms with Crippen molar-refractivity contribution < 1.29 is 28.3 Å². The first kappa shape index (κ1) is 21.5. The average Bonchev–Trinajstić information content (AvgIpc) is 3.42. The number of carbonyl (C=O) groups is 4. The smallest absolute Gasteiger partial charge is 0.338 e. The molecule has 0 aliphatic carbocycles. The van der Waals surface area contributed by atoms with Gasteiger partial charge in [0.05, 0.1) is 41.1 Å². The van der Waals surface area contributed by atoms with Gasteiger partial charge in [-0.2, -0.15) is 5.26 Å². The molecule has 1 unspecified atom stereocenters. The lowest BCUT2D eigenvalue weighted by Crippen LogP contribution is -2.30. The van der Waals surface area contributed by atoms with E-state index in [1.807, 2.05) is 6.07 Å². The summed E-state index contributed by atoms with van der Waals surface area (Å²) in [7, 11) is 0. The molecule has 0 spiro atoms. The summed E-state index contributed by atoms with van der Waals surface area (Å²) in [5.74, 6) is -2.00. The number of nitrogens with one attached hydrogen (secondary N) is 1. The van der Waals surface area contributed by atoms with E-state index in [9.17, 15) is 19.2 Å². The standard InChI is InChI=1S/C24H17N3O6/c1-14(21(28)26-17-5-2-4-15(10-17)12-25)33-24(31)16-7-8-19-20(11-16)23(30)27(22(19)29)13-18-6-3-9-32-18/h2-11,14H,13H2,1H3,(H,26,28). The number of ether oxygens (including phenoxy) is 1. The van der Waals surface area contributed by atoms with Crippen molar-refractivity contribution in [3.63, 3.8) is 0 Å². The van der Waals surface area contributed by atoms with Crippen LogP contribution in [0, 0.1) is 11.3 Å². The maximum Gasteiger partial charge on any atom is 0.338 e. The van der Waals surface area contributed by atoms with E-state index in [-0.39, 0.29) is 23.2 Å². The second-order valence-electron chi connectivity index (χ2n) is 7.27.